The van der Waals surface area contributed by atoms with E-state index in [4.69, 9.17) is 4.74 Å². The summed E-state index contributed by atoms with van der Waals surface area (Å²) in [7, 11) is 0. The lowest BCUT2D eigenvalue weighted by Crippen LogP contribution is -2.44. The molecule has 0 amide bonds. The van der Waals surface area contributed by atoms with Gasteiger partial charge in [-0.15, -0.1) is 0 Å². The standard InChI is InChI=1S/C9H16OS/c1-2-7-11-8-5-9(3-1)4-6-10-9/h1-8H2. The number of ether oxygens (including phenoxy) is 1. The highest BCUT2D eigenvalue weighted by atomic mass is 32.2. The molecule has 0 bridgehead atoms. The van der Waals surface area contributed by atoms with Crippen molar-refractivity contribution in [3.8, 4) is 0 Å². The van der Waals surface area contributed by atoms with Crippen molar-refractivity contribution in [3.05, 3.63) is 0 Å². The highest BCUT2D eigenvalue weighted by Gasteiger charge is 2.37. The van der Waals surface area contributed by atoms with Crippen LogP contribution >= 0.6 is 11.8 Å². The minimum atomic E-state index is 0.355. The van der Waals surface area contributed by atoms with E-state index in [0.717, 1.165) is 6.61 Å². The zero-order valence-corrected chi connectivity index (χ0v) is 7.79. The molecule has 2 rings (SSSR count). The van der Waals surface area contributed by atoms with Crippen LogP contribution in [0.4, 0.5) is 0 Å². The van der Waals surface area contributed by atoms with Crippen LogP contribution < -0.4 is 0 Å². The average molecular weight is 172 g/mol. The molecule has 0 aromatic carbocycles. The molecule has 1 nitrogen and oxygen atoms in total. The predicted molar refractivity (Wildman–Crippen MR) is 49.1 cm³/mol. The second-order valence-electron chi connectivity index (χ2n) is 3.60. The van der Waals surface area contributed by atoms with E-state index in [1.165, 1.54) is 43.6 Å². The topological polar surface area (TPSA) is 9.23 Å². The molecule has 0 aromatic heterocycles. The summed E-state index contributed by atoms with van der Waals surface area (Å²) in [5.41, 5.74) is 0.355. The number of rotatable bonds is 0. The summed E-state index contributed by atoms with van der Waals surface area (Å²) >= 11 is 2.10. The van der Waals surface area contributed by atoms with E-state index >= 15 is 0 Å². The Morgan fingerprint density at radius 1 is 1.00 bits per heavy atom. The van der Waals surface area contributed by atoms with Gasteiger partial charge in [0.1, 0.15) is 0 Å². The van der Waals surface area contributed by atoms with Gasteiger partial charge in [0.05, 0.1) is 12.2 Å². The highest BCUT2D eigenvalue weighted by Crippen LogP contribution is 2.37. The SMILES string of the molecule is C1CCC2(CCO2)CCSC1. The maximum Gasteiger partial charge on any atom is 0.0712 e. The van der Waals surface area contributed by atoms with Gasteiger partial charge in [0, 0.05) is 0 Å². The Labute approximate surface area is 72.9 Å². The normalized spacial score (nSPS) is 39.3. The molecule has 2 saturated heterocycles. The Kier molecular flexibility index (Phi) is 2.42. The third-order valence-corrected chi connectivity index (χ3v) is 3.91. The first kappa shape index (κ1) is 7.93. The molecule has 1 unspecified atom stereocenters. The molecular formula is C9H16OS. The first-order valence-corrected chi connectivity index (χ1v) is 5.79. The maximum absolute atomic E-state index is 5.68. The lowest BCUT2D eigenvalue weighted by atomic mass is 9.86. The van der Waals surface area contributed by atoms with Crippen LogP contribution in [0.3, 0.4) is 0 Å². The molecule has 1 atom stereocenters. The third-order valence-electron chi connectivity index (χ3n) is 2.84. The van der Waals surface area contributed by atoms with Crippen LogP contribution in [0.5, 0.6) is 0 Å². The molecule has 64 valence electrons. The molecule has 2 aliphatic rings. The largest absolute Gasteiger partial charge is 0.375 e. The van der Waals surface area contributed by atoms with Gasteiger partial charge in [-0.05, 0) is 43.6 Å². The molecular weight excluding hydrogens is 156 g/mol. The first-order chi connectivity index (χ1) is 5.41. The maximum atomic E-state index is 5.68. The average Bonchev–Trinajstić information content (AvgIpc) is 1.82. The van der Waals surface area contributed by atoms with Gasteiger partial charge in [0.2, 0.25) is 0 Å². The molecule has 11 heavy (non-hydrogen) atoms. The zero-order valence-electron chi connectivity index (χ0n) is 6.97. The van der Waals surface area contributed by atoms with Gasteiger partial charge in [-0.3, -0.25) is 0 Å². The second-order valence-corrected chi connectivity index (χ2v) is 4.83. The molecule has 1 spiro atoms. The van der Waals surface area contributed by atoms with Gasteiger partial charge in [-0.1, -0.05) is 0 Å². The van der Waals surface area contributed by atoms with Crippen molar-refractivity contribution in [1.82, 2.24) is 0 Å². The Hall–Kier alpha value is 0.310. The van der Waals surface area contributed by atoms with E-state index in [9.17, 15) is 0 Å². The summed E-state index contributed by atoms with van der Waals surface area (Å²) in [6, 6.07) is 0. The van der Waals surface area contributed by atoms with Crippen LogP contribution in [0.1, 0.15) is 32.1 Å². The van der Waals surface area contributed by atoms with Gasteiger partial charge in [-0.2, -0.15) is 11.8 Å². The molecule has 0 N–H and O–H groups in total. The Balaban J connectivity index is 1.86. The second kappa shape index (κ2) is 3.36. The smallest absolute Gasteiger partial charge is 0.0712 e. The lowest BCUT2D eigenvalue weighted by Gasteiger charge is -2.43. The van der Waals surface area contributed by atoms with Crippen molar-refractivity contribution >= 4 is 11.8 Å². The van der Waals surface area contributed by atoms with Crippen molar-refractivity contribution in [2.45, 2.75) is 37.7 Å². The molecule has 2 aliphatic heterocycles. The molecule has 0 aromatic rings. The van der Waals surface area contributed by atoms with Crippen LogP contribution in [0.25, 0.3) is 0 Å². The first-order valence-electron chi connectivity index (χ1n) is 4.63. The van der Waals surface area contributed by atoms with E-state index in [2.05, 4.69) is 11.8 Å². The van der Waals surface area contributed by atoms with E-state index in [1.54, 1.807) is 0 Å². The Morgan fingerprint density at radius 2 is 1.91 bits per heavy atom. The van der Waals surface area contributed by atoms with Crippen molar-refractivity contribution < 1.29 is 4.74 Å². The van der Waals surface area contributed by atoms with E-state index in [0.29, 0.717) is 5.60 Å². The summed E-state index contributed by atoms with van der Waals surface area (Å²) in [5.74, 6) is 2.69. The van der Waals surface area contributed by atoms with Gasteiger partial charge in [0.25, 0.3) is 0 Å². The molecule has 0 saturated carbocycles. The van der Waals surface area contributed by atoms with Crippen LogP contribution in [0, 0.1) is 0 Å². The number of thioether (sulfide) groups is 1. The third kappa shape index (κ3) is 1.73. The van der Waals surface area contributed by atoms with Gasteiger partial charge in [0.15, 0.2) is 0 Å². The van der Waals surface area contributed by atoms with Crippen molar-refractivity contribution in [2.24, 2.45) is 0 Å². The minimum absolute atomic E-state index is 0.355. The van der Waals surface area contributed by atoms with Crippen molar-refractivity contribution in [3.63, 3.8) is 0 Å². The molecule has 2 heteroatoms. The van der Waals surface area contributed by atoms with E-state index < -0.39 is 0 Å². The predicted octanol–water partition coefficient (Wildman–Crippen LogP) is 2.45. The summed E-state index contributed by atoms with van der Waals surface area (Å²) in [6.45, 7) is 1.02. The molecule has 2 fully saturated rings. The quantitative estimate of drug-likeness (QED) is 0.555. The van der Waals surface area contributed by atoms with E-state index in [-0.39, 0.29) is 0 Å². The monoisotopic (exact) mass is 172 g/mol. The summed E-state index contributed by atoms with van der Waals surface area (Å²) in [4.78, 5) is 0. The van der Waals surface area contributed by atoms with E-state index in [1.807, 2.05) is 0 Å². The zero-order chi connectivity index (χ0) is 7.57. The molecule has 0 radical (unpaired) electrons. The van der Waals surface area contributed by atoms with Crippen LogP contribution in [0.15, 0.2) is 0 Å². The minimum Gasteiger partial charge on any atom is -0.375 e. The van der Waals surface area contributed by atoms with Crippen LogP contribution in [-0.4, -0.2) is 23.7 Å². The Bertz CT molecular complexity index is 122. The summed E-state index contributed by atoms with van der Waals surface area (Å²) in [6.07, 6.45) is 6.74. The van der Waals surface area contributed by atoms with Gasteiger partial charge >= 0.3 is 0 Å². The molecule has 2 heterocycles. The van der Waals surface area contributed by atoms with Crippen molar-refractivity contribution in [2.75, 3.05) is 18.1 Å². The lowest BCUT2D eigenvalue weighted by molar-refractivity contribution is -0.153. The van der Waals surface area contributed by atoms with Gasteiger partial charge < -0.3 is 4.74 Å². The fraction of sp³-hybridized carbons (Fsp3) is 1.00. The fourth-order valence-electron chi connectivity index (χ4n) is 1.92. The Morgan fingerprint density at radius 3 is 2.64 bits per heavy atom. The van der Waals surface area contributed by atoms with Crippen molar-refractivity contribution in [1.29, 1.82) is 0 Å². The fourth-order valence-corrected chi connectivity index (χ4v) is 3.05. The van der Waals surface area contributed by atoms with Crippen LogP contribution in [0.2, 0.25) is 0 Å². The number of hydrogen-bond donors (Lipinski definition) is 0. The molecule has 0 aliphatic carbocycles. The van der Waals surface area contributed by atoms with Crippen LogP contribution in [-0.2, 0) is 4.74 Å². The van der Waals surface area contributed by atoms with Gasteiger partial charge in [-0.25, -0.2) is 0 Å². The number of hydrogen-bond acceptors (Lipinski definition) is 2. The summed E-state index contributed by atoms with van der Waals surface area (Å²) < 4.78 is 5.68. The summed E-state index contributed by atoms with van der Waals surface area (Å²) in [5, 5.41) is 0. The highest BCUT2D eigenvalue weighted by molar-refractivity contribution is 7.99.